The monoisotopic (exact) mass is 395 g/mol. The second kappa shape index (κ2) is 12.3. The van der Waals surface area contributed by atoms with Gasteiger partial charge in [-0.3, -0.25) is 0 Å². The summed E-state index contributed by atoms with van der Waals surface area (Å²) in [5.74, 6) is -0.409. The van der Waals surface area contributed by atoms with Crippen LogP contribution in [0.1, 0.15) is 37.7 Å². The van der Waals surface area contributed by atoms with E-state index in [2.05, 4.69) is 6.58 Å². The smallest absolute Gasteiger partial charge is 0.343 e. The maximum absolute atomic E-state index is 12.2. The van der Waals surface area contributed by atoms with Crippen molar-refractivity contribution < 1.29 is 23.8 Å². The summed E-state index contributed by atoms with van der Waals surface area (Å²) in [6.45, 7) is 4.41. The predicted octanol–water partition coefficient (Wildman–Crippen LogP) is 4.02. The molecule has 1 atom stereocenters. The van der Waals surface area contributed by atoms with Crippen LogP contribution in [0.25, 0.3) is 0 Å². The molecule has 2 rings (SSSR count). The Hall–Kier alpha value is -3.17. The highest BCUT2D eigenvalue weighted by Gasteiger charge is 2.15. The van der Waals surface area contributed by atoms with E-state index in [9.17, 15) is 9.59 Å². The number of unbranched alkanes of at least 4 members (excludes halogenated alkanes) is 3. The van der Waals surface area contributed by atoms with Crippen LogP contribution in [0.2, 0.25) is 0 Å². The number of esters is 2. The van der Waals surface area contributed by atoms with E-state index in [1.807, 2.05) is 18.2 Å². The zero-order chi connectivity index (χ0) is 20.9. The molecule has 152 valence electrons. The Morgan fingerprint density at radius 3 is 2.48 bits per heavy atom. The number of benzene rings is 1. The first-order valence-electron chi connectivity index (χ1n) is 9.64. The molecule has 1 unspecified atom stereocenters. The lowest BCUT2D eigenvalue weighted by molar-refractivity contribution is -0.137. The standard InChI is InChI=1S/C23H25NO5/c1-2-22(25)28-16-6-4-3-5-15-27-20-13-9-19(10-14-20)23(26)29-21-11-7-18(17-24)8-12-21/h2,7-13,20H,1,3-6,14-16H2. The van der Waals surface area contributed by atoms with Gasteiger partial charge in [0.25, 0.3) is 0 Å². The molecule has 29 heavy (non-hydrogen) atoms. The lowest BCUT2D eigenvalue weighted by Gasteiger charge is -2.16. The van der Waals surface area contributed by atoms with Crippen molar-refractivity contribution in [2.24, 2.45) is 0 Å². The van der Waals surface area contributed by atoms with Crippen molar-refractivity contribution in [2.75, 3.05) is 13.2 Å². The van der Waals surface area contributed by atoms with Crippen molar-refractivity contribution in [3.8, 4) is 11.8 Å². The van der Waals surface area contributed by atoms with Gasteiger partial charge in [-0.1, -0.05) is 25.2 Å². The van der Waals surface area contributed by atoms with Crippen LogP contribution in [0.5, 0.6) is 5.75 Å². The molecular formula is C23H25NO5. The number of nitriles is 1. The highest BCUT2D eigenvalue weighted by molar-refractivity contribution is 5.93. The third-order valence-electron chi connectivity index (χ3n) is 4.27. The van der Waals surface area contributed by atoms with Crippen LogP contribution in [0.15, 0.2) is 60.7 Å². The highest BCUT2D eigenvalue weighted by atomic mass is 16.5. The molecule has 0 radical (unpaired) electrons. The van der Waals surface area contributed by atoms with Gasteiger partial charge < -0.3 is 14.2 Å². The van der Waals surface area contributed by atoms with E-state index >= 15 is 0 Å². The van der Waals surface area contributed by atoms with E-state index in [4.69, 9.17) is 19.5 Å². The Balaban J connectivity index is 1.59. The van der Waals surface area contributed by atoms with Crippen LogP contribution in [0.3, 0.4) is 0 Å². The molecular weight excluding hydrogens is 370 g/mol. The first kappa shape index (κ1) is 22.1. The van der Waals surface area contributed by atoms with E-state index in [1.165, 1.54) is 0 Å². The third-order valence-corrected chi connectivity index (χ3v) is 4.27. The summed E-state index contributed by atoms with van der Waals surface area (Å²) >= 11 is 0. The number of carbonyl (C=O) groups is 2. The Bertz CT molecular complexity index is 802. The van der Waals surface area contributed by atoms with Gasteiger partial charge in [0.05, 0.1) is 29.9 Å². The van der Waals surface area contributed by atoms with Crippen molar-refractivity contribution in [3.63, 3.8) is 0 Å². The molecule has 1 aromatic rings. The molecule has 0 saturated heterocycles. The molecule has 0 aromatic heterocycles. The second-order valence-electron chi connectivity index (χ2n) is 6.48. The number of hydrogen-bond donors (Lipinski definition) is 0. The molecule has 0 N–H and O–H groups in total. The number of ether oxygens (including phenoxy) is 3. The fourth-order valence-corrected chi connectivity index (χ4v) is 2.66. The minimum absolute atomic E-state index is 0.0463. The van der Waals surface area contributed by atoms with Crippen molar-refractivity contribution in [1.29, 1.82) is 5.26 Å². The Kier molecular flexibility index (Phi) is 9.40. The summed E-state index contributed by atoms with van der Waals surface area (Å²) < 4.78 is 16.0. The number of rotatable bonds is 11. The fourth-order valence-electron chi connectivity index (χ4n) is 2.66. The lowest BCUT2D eigenvalue weighted by atomic mass is 10.1. The van der Waals surface area contributed by atoms with Gasteiger partial charge in [-0.25, -0.2) is 9.59 Å². The minimum atomic E-state index is -0.429. The summed E-state index contributed by atoms with van der Waals surface area (Å²) in [6.07, 6.45) is 10.9. The molecule has 0 heterocycles. The van der Waals surface area contributed by atoms with Crippen LogP contribution in [0, 0.1) is 11.3 Å². The maximum atomic E-state index is 12.2. The predicted molar refractivity (Wildman–Crippen MR) is 108 cm³/mol. The normalized spacial score (nSPS) is 15.1. The molecule has 1 aromatic carbocycles. The van der Waals surface area contributed by atoms with E-state index in [0.717, 1.165) is 31.8 Å². The summed E-state index contributed by atoms with van der Waals surface area (Å²) in [6, 6.07) is 8.41. The van der Waals surface area contributed by atoms with Gasteiger partial charge in [0.15, 0.2) is 0 Å². The van der Waals surface area contributed by atoms with E-state index < -0.39 is 5.97 Å². The number of hydrogen-bond acceptors (Lipinski definition) is 6. The van der Waals surface area contributed by atoms with E-state index in [0.29, 0.717) is 36.5 Å². The van der Waals surface area contributed by atoms with E-state index in [-0.39, 0.29) is 12.1 Å². The summed E-state index contributed by atoms with van der Waals surface area (Å²) in [5, 5.41) is 8.78. The third kappa shape index (κ3) is 8.16. The number of carbonyl (C=O) groups excluding carboxylic acids is 2. The molecule has 6 heteroatoms. The summed E-state index contributed by atoms with van der Waals surface area (Å²) in [7, 11) is 0. The zero-order valence-corrected chi connectivity index (χ0v) is 16.3. The maximum Gasteiger partial charge on any atom is 0.343 e. The van der Waals surface area contributed by atoms with Gasteiger partial charge >= 0.3 is 11.9 Å². The molecule has 1 aliphatic carbocycles. The molecule has 0 aliphatic heterocycles. The largest absolute Gasteiger partial charge is 0.463 e. The first-order valence-corrected chi connectivity index (χ1v) is 9.64. The highest BCUT2D eigenvalue weighted by Crippen LogP contribution is 2.18. The van der Waals surface area contributed by atoms with Gasteiger partial charge in [0.2, 0.25) is 0 Å². The first-order chi connectivity index (χ1) is 14.1. The van der Waals surface area contributed by atoms with Gasteiger partial charge in [-0.2, -0.15) is 5.26 Å². The minimum Gasteiger partial charge on any atom is -0.463 e. The van der Waals surface area contributed by atoms with Crippen molar-refractivity contribution >= 4 is 11.9 Å². The molecule has 0 fully saturated rings. The fraction of sp³-hybridized carbons (Fsp3) is 0.348. The Labute approximate surface area is 171 Å². The van der Waals surface area contributed by atoms with Crippen molar-refractivity contribution in [2.45, 2.75) is 38.2 Å². The van der Waals surface area contributed by atoms with Crippen LogP contribution in [-0.2, 0) is 19.1 Å². The Morgan fingerprint density at radius 2 is 1.86 bits per heavy atom. The molecule has 0 bridgehead atoms. The topological polar surface area (TPSA) is 85.6 Å². The van der Waals surface area contributed by atoms with Crippen LogP contribution < -0.4 is 4.74 Å². The second-order valence-corrected chi connectivity index (χ2v) is 6.48. The quantitative estimate of drug-likeness (QED) is 0.243. The van der Waals surface area contributed by atoms with E-state index in [1.54, 1.807) is 30.3 Å². The molecule has 0 amide bonds. The zero-order valence-electron chi connectivity index (χ0n) is 16.3. The van der Waals surface area contributed by atoms with Crippen molar-refractivity contribution in [1.82, 2.24) is 0 Å². The number of nitrogens with zero attached hydrogens (tertiary/aromatic N) is 1. The lowest BCUT2D eigenvalue weighted by Crippen LogP contribution is -2.17. The molecule has 0 saturated carbocycles. The SMILES string of the molecule is C=CC(=O)OCCCCCCOC1C=CC(C(=O)Oc2ccc(C#N)cc2)=CC1. The molecule has 1 aliphatic rings. The van der Waals surface area contributed by atoms with Gasteiger partial charge in [0, 0.05) is 12.7 Å². The van der Waals surface area contributed by atoms with Crippen molar-refractivity contribution in [3.05, 3.63) is 66.3 Å². The summed E-state index contributed by atoms with van der Waals surface area (Å²) in [4.78, 5) is 23.1. The van der Waals surface area contributed by atoms with Gasteiger partial charge in [-0.05, 0) is 56.0 Å². The van der Waals surface area contributed by atoms with Crippen LogP contribution >= 0.6 is 0 Å². The average molecular weight is 395 g/mol. The molecule has 0 spiro atoms. The van der Waals surface area contributed by atoms with Crippen LogP contribution in [0.4, 0.5) is 0 Å². The van der Waals surface area contributed by atoms with Gasteiger partial charge in [0.1, 0.15) is 5.75 Å². The van der Waals surface area contributed by atoms with Gasteiger partial charge in [-0.15, -0.1) is 0 Å². The molecule has 6 nitrogen and oxygen atoms in total. The van der Waals surface area contributed by atoms with Crippen LogP contribution in [-0.4, -0.2) is 31.3 Å². The average Bonchev–Trinajstić information content (AvgIpc) is 2.76. The Morgan fingerprint density at radius 1 is 1.14 bits per heavy atom. The summed E-state index contributed by atoms with van der Waals surface area (Å²) in [5.41, 5.74) is 1.00.